The maximum Gasteiger partial charge on any atom is 0.337 e. The molecular weight excluding hydrogens is 272 g/mol. The highest BCUT2D eigenvalue weighted by Crippen LogP contribution is 2.22. The lowest BCUT2D eigenvalue weighted by Gasteiger charge is -2.11. The van der Waals surface area contributed by atoms with E-state index in [4.69, 9.17) is 9.84 Å². The molecule has 0 aliphatic heterocycles. The van der Waals surface area contributed by atoms with Gasteiger partial charge >= 0.3 is 5.97 Å². The zero-order chi connectivity index (χ0) is 15.8. The lowest BCUT2D eigenvalue weighted by atomic mass is 10.1. The zero-order valence-corrected chi connectivity index (χ0v) is 12.6. The zero-order valence-electron chi connectivity index (χ0n) is 12.6. The Morgan fingerprint density at radius 3 is 2.62 bits per heavy atom. The molecule has 0 radical (unpaired) electrons. The topological polar surface area (TPSA) is 87.7 Å². The lowest BCUT2D eigenvalue weighted by molar-refractivity contribution is -0.116. The second-order valence-corrected chi connectivity index (χ2v) is 4.98. The van der Waals surface area contributed by atoms with Crippen molar-refractivity contribution in [1.82, 2.24) is 5.32 Å². The molecule has 0 unspecified atom stereocenters. The summed E-state index contributed by atoms with van der Waals surface area (Å²) in [6.45, 7) is 4.82. The number of methoxy groups -OCH3 is 1. The Morgan fingerprint density at radius 2 is 2.05 bits per heavy atom. The van der Waals surface area contributed by atoms with Gasteiger partial charge in [-0.25, -0.2) is 4.79 Å². The third-order valence-corrected chi connectivity index (χ3v) is 2.86. The van der Waals surface area contributed by atoms with Crippen molar-refractivity contribution in [3.63, 3.8) is 0 Å². The van der Waals surface area contributed by atoms with Gasteiger partial charge in [-0.2, -0.15) is 0 Å². The summed E-state index contributed by atoms with van der Waals surface area (Å²) in [6.07, 6.45) is 1.02. The summed E-state index contributed by atoms with van der Waals surface area (Å²) >= 11 is 0. The van der Waals surface area contributed by atoms with Gasteiger partial charge in [0.2, 0.25) is 5.91 Å². The number of rotatable bonds is 8. The Morgan fingerprint density at radius 1 is 1.33 bits per heavy atom. The molecule has 0 aromatic heterocycles. The number of nitrogens with one attached hydrogen (secondary N) is 2. The molecule has 0 spiro atoms. The van der Waals surface area contributed by atoms with Crippen LogP contribution in [0.15, 0.2) is 18.2 Å². The van der Waals surface area contributed by atoms with Crippen LogP contribution >= 0.6 is 0 Å². The molecule has 0 heterocycles. The molecule has 0 bridgehead atoms. The summed E-state index contributed by atoms with van der Waals surface area (Å²) in [6, 6.07) is 4.85. The van der Waals surface area contributed by atoms with Crippen LogP contribution in [0.1, 0.15) is 37.0 Å². The first-order valence-corrected chi connectivity index (χ1v) is 6.88. The van der Waals surface area contributed by atoms with Crippen molar-refractivity contribution in [2.45, 2.75) is 32.7 Å². The van der Waals surface area contributed by atoms with Gasteiger partial charge < -0.3 is 20.5 Å². The Labute approximate surface area is 124 Å². The fourth-order valence-corrected chi connectivity index (χ4v) is 1.79. The van der Waals surface area contributed by atoms with E-state index in [9.17, 15) is 9.59 Å². The van der Waals surface area contributed by atoms with Crippen LogP contribution in [-0.2, 0) is 4.79 Å². The Balaban J connectivity index is 2.63. The van der Waals surface area contributed by atoms with Crippen LogP contribution < -0.4 is 15.4 Å². The van der Waals surface area contributed by atoms with Crippen molar-refractivity contribution in [2.24, 2.45) is 0 Å². The maximum absolute atomic E-state index is 11.9. The van der Waals surface area contributed by atoms with Crippen molar-refractivity contribution in [1.29, 1.82) is 0 Å². The predicted molar refractivity (Wildman–Crippen MR) is 81.0 cm³/mol. The molecule has 0 aliphatic carbocycles. The number of amides is 1. The number of benzene rings is 1. The number of carbonyl (C=O) groups is 2. The third kappa shape index (κ3) is 5.83. The quantitative estimate of drug-likeness (QED) is 0.639. The summed E-state index contributed by atoms with van der Waals surface area (Å²) in [5.41, 5.74) is 0.299. The minimum Gasteiger partial charge on any atom is -0.497 e. The average Bonchev–Trinajstić information content (AvgIpc) is 2.43. The van der Waals surface area contributed by atoms with Crippen molar-refractivity contribution >= 4 is 17.6 Å². The molecule has 1 rings (SSSR count). The second-order valence-electron chi connectivity index (χ2n) is 4.98. The largest absolute Gasteiger partial charge is 0.497 e. The SMILES string of the molecule is COc1ccc(C(=O)O)c(NC(=O)CCCNC(C)C)c1. The molecule has 6 heteroatoms. The highest BCUT2D eigenvalue weighted by atomic mass is 16.5. The average molecular weight is 294 g/mol. The Kier molecular flexibility index (Phi) is 6.68. The van der Waals surface area contributed by atoms with E-state index in [0.29, 0.717) is 24.6 Å². The highest BCUT2D eigenvalue weighted by molar-refractivity contribution is 6.00. The first kappa shape index (κ1) is 17.0. The number of carboxylic acid groups (broad SMARTS) is 1. The van der Waals surface area contributed by atoms with Crippen molar-refractivity contribution in [3.8, 4) is 5.75 Å². The molecule has 21 heavy (non-hydrogen) atoms. The molecule has 1 aromatic rings. The molecule has 0 atom stereocenters. The van der Waals surface area contributed by atoms with Crippen molar-refractivity contribution in [2.75, 3.05) is 19.0 Å². The van der Waals surface area contributed by atoms with E-state index >= 15 is 0 Å². The van der Waals surface area contributed by atoms with Gasteiger partial charge in [0.15, 0.2) is 0 Å². The summed E-state index contributed by atoms with van der Waals surface area (Å²) in [5, 5.41) is 15.0. The third-order valence-electron chi connectivity index (χ3n) is 2.86. The second kappa shape index (κ2) is 8.26. The fraction of sp³-hybridized carbons (Fsp3) is 0.467. The number of hydrogen-bond donors (Lipinski definition) is 3. The molecule has 0 fully saturated rings. The maximum atomic E-state index is 11.9. The van der Waals surface area contributed by atoms with E-state index in [1.807, 2.05) is 13.8 Å². The standard InChI is InChI=1S/C15H22N2O4/c1-10(2)16-8-4-5-14(18)17-13-9-11(21-3)6-7-12(13)15(19)20/h6-7,9-10,16H,4-5,8H2,1-3H3,(H,17,18)(H,19,20). The van der Waals surface area contributed by atoms with Gasteiger partial charge in [0.25, 0.3) is 0 Å². The number of anilines is 1. The lowest BCUT2D eigenvalue weighted by Crippen LogP contribution is -2.25. The van der Waals surface area contributed by atoms with Crippen LogP contribution in [0, 0.1) is 0 Å². The normalized spacial score (nSPS) is 10.5. The van der Waals surface area contributed by atoms with E-state index in [-0.39, 0.29) is 17.2 Å². The van der Waals surface area contributed by atoms with Crippen LogP contribution in [0.3, 0.4) is 0 Å². The molecule has 1 amide bonds. The summed E-state index contributed by atoms with van der Waals surface area (Å²) < 4.78 is 5.04. The summed E-state index contributed by atoms with van der Waals surface area (Å²) in [7, 11) is 1.49. The smallest absolute Gasteiger partial charge is 0.337 e. The minimum atomic E-state index is -1.09. The van der Waals surface area contributed by atoms with Crippen LogP contribution in [0.5, 0.6) is 5.75 Å². The van der Waals surface area contributed by atoms with E-state index < -0.39 is 5.97 Å². The van der Waals surface area contributed by atoms with Crippen molar-refractivity contribution < 1.29 is 19.4 Å². The van der Waals surface area contributed by atoms with Gasteiger partial charge in [0.1, 0.15) is 5.75 Å². The first-order valence-electron chi connectivity index (χ1n) is 6.88. The minimum absolute atomic E-state index is 0.0458. The molecule has 3 N–H and O–H groups in total. The van der Waals surface area contributed by atoms with Crippen LogP contribution in [0.2, 0.25) is 0 Å². The summed E-state index contributed by atoms with van der Waals surface area (Å²) in [4.78, 5) is 23.0. The first-order chi connectivity index (χ1) is 9.93. The Hall–Kier alpha value is -2.08. The van der Waals surface area contributed by atoms with Crippen LogP contribution in [0.4, 0.5) is 5.69 Å². The fourth-order valence-electron chi connectivity index (χ4n) is 1.79. The predicted octanol–water partition coefficient (Wildman–Crippen LogP) is 2.11. The molecule has 0 saturated carbocycles. The number of hydrogen-bond acceptors (Lipinski definition) is 4. The van der Waals surface area contributed by atoms with E-state index in [1.165, 1.54) is 19.2 Å². The number of carboxylic acids is 1. The summed E-state index contributed by atoms with van der Waals surface area (Å²) in [5.74, 6) is -0.803. The monoisotopic (exact) mass is 294 g/mol. The van der Waals surface area contributed by atoms with E-state index in [2.05, 4.69) is 10.6 Å². The van der Waals surface area contributed by atoms with Crippen molar-refractivity contribution in [3.05, 3.63) is 23.8 Å². The van der Waals surface area contributed by atoms with Crippen LogP contribution in [0.25, 0.3) is 0 Å². The molecular formula is C15H22N2O4. The van der Waals surface area contributed by atoms with E-state index in [0.717, 1.165) is 6.54 Å². The molecule has 1 aromatic carbocycles. The highest BCUT2D eigenvalue weighted by Gasteiger charge is 2.13. The van der Waals surface area contributed by atoms with Crippen LogP contribution in [-0.4, -0.2) is 36.7 Å². The van der Waals surface area contributed by atoms with E-state index in [1.54, 1.807) is 6.07 Å². The van der Waals surface area contributed by atoms with Gasteiger partial charge in [-0.3, -0.25) is 4.79 Å². The number of aromatic carboxylic acids is 1. The molecule has 0 aliphatic rings. The van der Waals surface area contributed by atoms with Gasteiger partial charge in [0, 0.05) is 18.5 Å². The van der Waals surface area contributed by atoms with Gasteiger partial charge in [-0.05, 0) is 25.1 Å². The molecule has 6 nitrogen and oxygen atoms in total. The Bertz CT molecular complexity index is 500. The van der Waals surface area contributed by atoms with Gasteiger partial charge in [-0.1, -0.05) is 13.8 Å². The molecule has 116 valence electrons. The van der Waals surface area contributed by atoms with Gasteiger partial charge in [0.05, 0.1) is 18.4 Å². The molecule has 0 saturated heterocycles. The van der Waals surface area contributed by atoms with Gasteiger partial charge in [-0.15, -0.1) is 0 Å². The number of ether oxygens (including phenoxy) is 1. The number of carbonyl (C=O) groups excluding carboxylic acids is 1.